The largest absolute Gasteiger partial charge is 0.491 e. The first-order valence-electron chi connectivity index (χ1n) is 10.4. The molecule has 11 heteroatoms. The van der Waals surface area contributed by atoms with Crippen molar-refractivity contribution in [2.75, 3.05) is 18.4 Å². The van der Waals surface area contributed by atoms with Crippen LogP contribution >= 0.6 is 22.9 Å². The van der Waals surface area contributed by atoms with Crippen LogP contribution in [0.4, 0.5) is 14.6 Å². The molecule has 0 saturated heterocycles. The molecular formula is C23H24ClF2N3O3S2. The van der Waals surface area contributed by atoms with Crippen molar-refractivity contribution in [2.24, 2.45) is 11.7 Å². The number of hydrogen-bond acceptors (Lipinski definition) is 6. The van der Waals surface area contributed by atoms with Crippen LogP contribution in [0.5, 0.6) is 5.75 Å². The van der Waals surface area contributed by atoms with E-state index in [1.54, 1.807) is 12.1 Å². The van der Waals surface area contributed by atoms with Crippen molar-refractivity contribution in [3.8, 4) is 5.75 Å². The molecule has 0 aliphatic heterocycles. The zero-order valence-electron chi connectivity index (χ0n) is 18.3. The molecule has 2 aromatic carbocycles. The van der Waals surface area contributed by atoms with Crippen LogP contribution in [0.1, 0.15) is 24.8 Å². The average molecular weight is 528 g/mol. The van der Waals surface area contributed by atoms with Crippen molar-refractivity contribution in [2.45, 2.75) is 24.2 Å². The fourth-order valence-corrected chi connectivity index (χ4v) is 5.51. The smallest absolute Gasteiger partial charge is 0.266 e. The topological polar surface area (TPSA) is 94.3 Å². The number of rotatable bonds is 7. The van der Waals surface area contributed by atoms with Crippen LogP contribution < -0.4 is 15.2 Å². The number of hydrogen-bond donors (Lipinski definition) is 2. The second-order valence-corrected chi connectivity index (χ2v) is 10.1. The summed E-state index contributed by atoms with van der Waals surface area (Å²) < 4.78 is 60.9. The van der Waals surface area contributed by atoms with E-state index in [4.69, 9.17) is 16.3 Å². The van der Waals surface area contributed by atoms with E-state index in [1.807, 2.05) is 0 Å². The highest BCUT2D eigenvalue weighted by Crippen LogP contribution is 2.35. The Kier molecular flexibility index (Phi) is 9.01. The maximum Gasteiger partial charge on any atom is 0.266 e. The molecule has 0 saturated carbocycles. The van der Waals surface area contributed by atoms with Gasteiger partial charge in [-0.05, 0) is 55.6 Å². The maximum absolute atomic E-state index is 14.7. The summed E-state index contributed by atoms with van der Waals surface area (Å²) in [5.74, 6) is -1.11. The highest BCUT2D eigenvalue weighted by Gasteiger charge is 2.24. The van der Waals surface area contributed by atoms with Gasteiger partial charge in [-0.15, -0.1) is 11.3 Å². The Labute approximate surface area is 206 Å². The molecular weight excluding hydrogens is 504 g/mol. The molecule has 3 N–H and O–H groups in total. The molecule has 1 unspecified atom stereocenters. The van der Waals surface area contributed by atoms with Crippen LogP contribution in [0.15, 0.2) is 58.3 Å². The van der Waals surface area contributed by atoms with E-state index in [2.05, 4.69) is 21.5 Å². The van der Waals surface area contributed by atoms with E-state index >= 15 is 0 Å². The molecule has 0 spiro atoms. The van der Waals surface area contributed by atoms with Crippen molar-refractivity contribution in [3.63, 3.8) is 0 Å². The normalized spacial score (nSPS) is 15.7. The summed E-state index contributed by atoms with van der Waals surface area (Å²) in [6.45, 7) is 0.228. The van der Waals surface area contributed by atoms with Gasteiger partial charge in [0.15, 0.2) is 5.82 Å². The predicted octanol–water partition coefficient (Wildman–Crippen LogP) is 5.71. The summed E-state index contributed by atoms with van der Waals surface area (Å²) in [5, 5.41) is 1.47. The lowest BCUT2D eigenvalue weighted by molar-refractivity contribution is 0.267. The Morgan fingerprint density at radius 1 is 1.24 bits per heavy atom. The number of thiazole rings is 1. The van der Waals surface area contributed by atoms with Crippen LogP contribution in [-0.4, -0.2) is 27.1 Å². The van der Waals surface area contributed by atoms with Gasteiger partial charge in [0, 0.05) is 17.4 Å². The molecule has 1 heterocycles. The van der Waals surface area contributed by atoms with Gasteiger partial charge >= 0.3 is 0 Å². The van der Waals surface area contributed by atoms with Crippen molar-refractivity contribution < 1.29 is 21.9 Å². The Morgan fingerprint density at radius 2 is 1.97 bits per heavy atom. The van der Waals surface area contributed by atoms with Crippen LogP contribution in [0.25, 0.3) is 5.57 Å². The number of ether oxygens (including phenoxy) is 1. The molecule has 0 bridgehead atoms. The van der Waals surface area contributed by atoms with E-state index in [-0.39, 0.29) is 34.9 Å². The van der Waals surface area contributed by atoms with Crippen molar-refractivity contribution in [1.82, 2.24) is 4.98 Å². The third-order valence-electron chi connectivity index (χ3n) is 5.13. The number of anilines is 1. The first-order chi connectivity index (χ1) is 16.3. The quantitative estimate of drug-likeness (QED) is 0.410. The zero-order valence-corrected chi connectivity index (χ0v) is 20.7. The second kappa shape index (κ2) is 11.7. The molecule has 1 atom stereocenters. The molecule has 4 rings (SSSR count). The Morgan fingerprint density at radius 3 is 2.65 bits per heavy atom. The van der Waals surface area contributed by atoms with E-state index < -0.39 is 20.7 Å². The lowest BCUT2D eigenvalue weighted by Gasteiger charge is -2.25. The first-order valence-corrected chi connectivity index (χ1v) is 13.2. The van der Waals surface area contributed by atoms with E-state index in [1.165, 1.54) is 41.4 Å². The number of halogens is 3. The van der Waals surface area contributed by atoms with Crippen molar-refractivity contribution >= 4 is 44.4 Å². The van der Waals surface area contributed by atoms with Gasteiger partial charge in [-0.3, -0.25) is 4.72 Å². The second-order valence-electron chi connectivity index (χ2n) is 7.30. The third kappa shape index (κ3) is 6.32. The Bertz CT molecular complexity index is 1240. The van der Waals surface area contributed by atoms with Gasteiger partial charge in [0.05, 0.1) is 17.1 Å². The van der Waals surface area contributed by atoms with Gasteiger partial charge in [0.1, 0.15) is 22.3 Å². The van der Waals surface area contributed by atoms with Gasteiger partial charge < -0.3 is 10.5 Å². The van der Waals surface area contributed by atoms with E-state index in [0.29, 0.717) is 0 Å². The summed E-state index contributed by atoms with van der Waals surface area (Å²) >= 11 is 7.43. The molecule has 1 aromatic heterocycles. The van der Waals surface area contributed by atoms with Gasteiger partial charge in [0.25, 0.3) is 10.0 Å². The zero-order chi connectivity index (χ0) is 24.7. The summed E-state index contributed by atoms with van der Waals surface area (Å²) in [7, 11) is -2.70. The van der Waals surface area contributed by atoms with Crippen LogP contribution in [-0.2, 0) is 10.0 Å². The standard InChI is InChI=1S/C22H19ClF2N2O3S2.CH5N/c23-18-9-21(32(28,29)27-22-12-31-13-26-22)19(25)10-20(18)30-11-15-3-1-2-4-17(15)14-5-7-16(24)8-6-14;1-2/h4-10,12-13,15,27H,1-3,11H2;2H2,1H3. The van der Waals surface area contributed by atoms with Gasteiger partial charge in [-0.25, -0.2) is 22.2 Å². The third-order valence-corrected chi connectivity index (χ3v) is 7.38. The molecule has 1 aliphatic carbocycles. The number of allylic oxidation sites excluding steroid dienone is 1. The van der Waals surface area contributed by atoms with Crippen LogP contribution in [0.3, 0.4) is 0 Å². The Balaban J connectivity index is 0.00000158. The van der Waals surface area contributed by atoms with Crippen molar-refractivity contribution in [1.29, 1.82) is 0 Å². The summed E-state index contributed by atoms with van der Waals surface area (Å²) in [4.78, 5) is 3.25. The highest BCUT2D eigenvalue weighted by molar-refractivity contribution is 7.92. The van der Waals surface area contributed by atoms with E-state index in [0.717, 1.165) is 42.5 Å². The SMILES string of the molecule is CN.O=S(=O)(Nc1cscn1)c1cc(Cl)c(OCC2CCCC=C2c2ccc(F)cc2)cc1F. The highest BCUT2D eigenvalue weighted by atomic mass is 35.5. The van der Waals surface area contributed by atoms with Gasteiger partial charge in [-0.1, -0.05) is 29.8 Å². The minimum absolute atomic E-state index is 0.0167. The van der Waals surface area contributed by atoms with Gasteiger partial charge in [-0.2, -0.15) is 0 Å². The minimum Gasteiger partial charge on any atom is -0.491 e. The number of benzene rings is 2. The molecule has 182 valence electrons. The first kappa shape index (κ1) is 26.1. The maximum atomic E-state index is 14.7. The number of aromatic nitrogens is 1. The molecule has 34 heavy (non-hydrogen) atoms. The predicted molar refractivity (Wildman–Crippen MR) is 132 cm³/mol. The monoisotopic (exact) mass is 527 g/mol. The summed E-state index contributed by atoms with van der Waals surface area (Å²) in [6.07, 6.45) is 4.84. The van der Waals surface area contributed by atoms with Crippen LogP contribution in [0.2, 0.25) is 5.02 Å². The van der Waals surface area contributed by atoms with E-state index in [9.17, 15) is 17.2 Å². The molecule has 6 nitrogen and oxygen atoms in total. The lowest BCUT2D eigenvalue weighted by Crippen LogP contribution is -2.18. The molecule has 0 fully saturated rings. The molecule has 0 amide bonds. The lowest BCUT2D eigenvalue weighted by atomic mass is 9.84. The minimum atomic E-state index is -4.20. The number of sulfonamides is 1. The fraction of sp³-hybridized carbons (Fsp3) is 0.261. The molecule has 1 aliphatic rings. The summed E-state index contributed by atoms with van der Waals surface area (Å²) in [6, 6.07) is 8.27. The Hall–Kier alpha value is -2.53. The number of nitrogens with two attached hydrogens (primary N) is 1. The average Bonchev–Trinajstić information content (AvgIpc) is 3.33. The van der Waals surface area contributed by atoms with Crippen LogP contribution in [0, 0.1) is 17.6 Å². The van der Waals surface area contributed by atoms with Gasteiger partial charge in [0.2, 0.25) is 0 Å². The number of nitrogens with zero attached hydrogens (tertiary/aromatic N) is 1. The fourth-order valence-electron chi connectivity index (χ4n) is 3.59. The van der Waals surface area contributed by atoms with Crippen molar-refractivity contribution in [3.05, 3.63) is 75.6 Å². The molecule has 3 aromatic rings. The number of nitrogens with one attached hydrogen (secondary N) is 1. The summed E-state index contributed by atoms with van der Waals surface area (Å²) in [5.41, 5.74) is 7.91. The molecule has 0 radical (unpaired) electrons.